The van der Waals surface area contributed by atoms with Gasteiger partial charge in [-0.2, -0.15) is 11.3 Å². The molecule has 0 saturated carbocycles. The molecule has 4 N–H and O–H groups in total. The van der Waals surface area contributed by atoms with Gasteiger partial charge in [0.15, 0.2) is 5.84 Å². The van der Waals surface area contributed by atoms with Gasteiger partial charge in [0.05, 0.1) is 12.0 Å². The Morgan fingerprint density at radius 2 is 2.31 bits per heavy atom. The maximum atomic E-state index is 11.7. The zero-order valence-electron chi connectivity index (χ0n) is 9.18. The van der Waals surface area contributed by atoms with E-state index in [1.165, 1.54) is 0 Å². The van der Waals surface area contributed by atoms with Crippen LogP contribution in [0.1, 0.15) is 25.5 Å². The molecule has 1 heterocycles. The predicted octanol–water partition coefficient (Wildman–Crippen LogP) is 1.31. The Kier molecular flexibility index (Phi) is 4.30. The van der Waals surface area contributed by atoms with E-state index in [0.717, 1.165) is 5.56 Å². The van der Waals surface area contributed by atoms with Crippen LogP contribution in [-0.2, 0) is 4.79 Å². The predicted molar refractivity (Wildman–Crippen MR) is 63.4 cm³/mol. The first-order valence-corrected chi connectivity index (χ1v) is 5.80. The molecule has 0 saturated heterocycles. The van der Waals surface area contributed by atoms with Crippen molar-refractivity contribution in [1.29, 1.82) is 0 Å². The van der Waals surface area contributed by atoms with Crippen molar-refractivity contribution in [2.75, 3.05) is 0 Å². The van der Waals surface area contributed by atoms with Crippen LogP contribution in [0.4, 0.5) is 0 Å². The van der Waals surface area contributed by atoms with E-state index in [1.54, 1.807) is 18.3 Å². The Labute approximate surface area is 98.0 Å². The molecule has 16 heavy (non-hydrogen) atoms. The Balaban J connectivity index is 2.58. The molecule has 0 fully saturated rings. The number of amidine groups is 1. The molecule has 2 unspecified atom stereocenters. The number of hydrogen-bond donors (Lipinski definition) is 3. The van der Waals surface area contributed by atoms with Gasteiger partial charge in [0.25, 0.3) is 0 Å². The van der Waals surface area contributed by atoms with Gasteiger partial charge < -0.3 is 16.3 Å². The van der Waals surface area contributed by atoms with Gasteiger partial charge in [0.1, 0.15) is 0 Å². The average molecular weight is 241 g/mol. The van der Waals surface area contributed by atoms with Crippen LogP contribution in [0.2, 0.25) is 0 Å². The molecule has 0 aliphatic rings. The van der Waals surface area contributed by atoms with Crippen molar-refractivity contribution in [3.63, 3.8) is 0 Å². The molecule has 5 nitrogen and oxygen atoms in total. The van der Waals surface area contributed by atoms with Gasteiger partial charge in [-0.15, -0.1) is 0 Å². The lowest BCUT2D eigenvalue weighted by atomic mass is 10.1. The summed E-state index contributed by atoms with van der Waals surface area (Å²) in [5, 5.41) is 18.0. The number of carbonyl (C=O) groups is 1. The first-order chi connectivity index (χ1) is 7.56. The van der Waals surface area contributed by atoms with Crippen LogP contribution in [0.3, 0.4) is 0 Å². The summed E-state index contributed by atoms with van der Waals surface area (Å²) in [6, 6.07) is 1.87. The van der Waals surface area contributed by atoms with Crippen molar-refractivity contribution in [3.8, 4) is 0 Å². The lowest BCUT2D eigenvalue weighted by Crippen LogP contribution is -2.38. The van der Waals surface area contributed by atoms with Crippen molar-refractivity contribution in [2.24, 2.45) is 16.8 Å². The van der Waals surface area contributed by atoms with E-state index in [0.29, 0.717) is 0 Å². The van der Waals surface area contributed by atoms with Gasteiger partial charge in [-0.1, -0.05) is 5.16 Å². The molecular formula is C10H15N3O2S. The summed E-state index contributed by atoms with van der Waals surface area (Å²) < 4.78 is 0. The smallest absolute Gasteiger partial charge is 0.231 e. The van der Waals surface area contributed by atoms with Crippen LogP contribution in [0.15, 0.2) is 22.0 Å². The molecule has 6 heteroatoms. The van der Waals surface area contributed by atoms with E-state index in [4.69, 9.17) is 10.9 Å². The van der Waals surface area contributed by atoms with Gasteiger partial charge >= 0.3 is 0 Å². The van der Waals surface area contributed by atoms with E-state index in [2.05, 4.69) is 10.5 Å². The summed E-state index contributed by atoms with van der Waals surface area (Å²) in [7, 11) is 0. The zero-order valence-corrected chi connectivity index (χ0v) is 9.99. The van der Waals surface area contributed by atoms with Gasteiger partial charge in [0, 0.05) is 0 Å². The molecule has 2 atom stereocenters. The molecule has 1 aromatic heterocycles. The van der Waals surface area contributed by atoms with Crippen LogP contribution >= 0.6 is 11.3 Å². The highest BCUT2D eigenvalue weighted by atomic mass is 32.1. The first-order valence-electron chi connectivity index (χ1n) is 4.86. The second kappa shape index (κ2) is 5.50. The third kappa shape index (κ3) is 2.96. The second-order valence-corrected chi connectivity index (χ2v) is 4.31. The molecular weight excluding hydrogens is 226 g/mol. The van der Waals surface area contributed by atoms with Crippen LogP contribution in [0.5, 0.6) is 0 Å². The van der Waals surface area contributed by atoms with E-state index >= 15 is 0 Å². The lowest BCUT2D eigenvalue weighted by Gasteiger charge is -2.15. The van der Waals surface area contributed by atoms with E-state index in [-0.39, 0.29) is 17.8 Å². The normalized spacial score (nSPS) is 15.5. The third-order valence-electron chi connectivity index (χ3n) is 2.35. The summed E-state index contributed by atoms with van der Waals surface area (Å²) in [6.45, 7) is 3.48. The summed E-state index contributed by atoms with van der Waals surface area (Å²) in [6.07, 6.45) is 0. The monoisotopic (exact) mass is 241 g/mol. The Morgan fingerprint density at radius 1 is 1.62 bits per heavy atom. The molecule has 1 rings (SSSR count). The number of carbonyl (C=O) groups excluding carboxylic acids is 1. The maximum Gasteiger partial charge on any atom is 0.231 e. The first kappa shape index (κ1) is 12.5. The standard InChI is InChI=1S/C10H15N3O2S/c1-6(9(11)13-15)10(14)12-7(2)8-3-4-16-5-8/h3-7,15H,1-2H3,(H2,11,13)(H,12,14). The highest BCUT2D eigenvalue weighted by Crippen LogP contribution is 2.15. The van der Waals surface area contributed by atoms with Gasteiger partial charge in [-0.25, -0.2) is 0 Å². The van der Waals surface area contributed by atoms with Crippen LogP contribution in [-0.4, -0.2) is 17.0 Å². The number of hydrogen-bond acceptors (Lipinski definition) is 4. The van der Waals surface area contributed by atoms with E-state index < -0.39 is 5.92 Å². The summed E-state index contributed by atoms with van der Waals surface area (Å²) in [5.74, 6) is -0.977. The maximum absolute atomic E-state index is 11.7. The fourth-order valence-corrected chi connectivity index (χ4v) is 1.92. The minimum Gasteiger partial charge on any atom is -0.409 e. The van der Waals surface area contributed by atoms with Crippen LogP contribution < -0.4 is 11.1 Å². The quantitative estimate of drug-likeness (QED) is 0.321. The number of thiophene rings is 1. The summed E-state index contributed by atoms with van der Waals surface area (Å²) in [5.41, 5.74) is 6.40. The molecule has 1 aromatic rings. The van der Waals surface area contributed by atoms with Crippen molar-refractivity contribution in [2.45, 2.75) is 19.9 Å². The number of amides is 1. The highest BCUT2D eigenvalue weighted by Gasteiger charge is 2.19. The van der Waals surface area contributed by atoms with Crippen molar-refractivity contribution >= 4 is 23.1 Å². The minimum atomic E-state index is -0.633. The number of oxime groups is 1. The molecule has 0 spiro atoms. The fraction of sp³-hybridized carbons (Fsp3) is 0.400. The minimum absolute atomic E-state index is 0.0762. The van der Waals surface area contributed by atoms with Crippen LogP contribution in [0, 0.1) is 5.92 Å². The fourth-order valence-electron chi connectivity index (χ4n) is 1.16. The largest absolute Gasteiger partial charge is 0.409 e. The van der Waals surface area contributed by atoms with E-state index in [1.807, 2.05) is 23.8 Å². The number of nitrogens with one attached hydrogen (secondary N) is 1. The Bertz CT molecular complexity index is 375. The average Bonchev–Trinajstić information content (AvgIpc) is 2.80. The molecule has 1 amide bonds. The SMILES string of the molecule is CC(C(=O)NC(C)c1ccsc1)C(N)=NO. The van der Waals surface area contributed by atoms with Crippen molar-refractivity contribution < 1.29 is 10.0 Å². The van der Waals surface area contributed by atoms with Crippen molar-refractivity contribution in [1.82, 2.24) is 5.32 Å². The third-order valence-corrected chi connectivity index (χ3v) is 3.06. The molecule has 88 valence electrons. The molecule has 0 radical (unpaired) electrons. The van der Waals surface area contributed by atoms with Crippen molar-refractivity contribution in [3.05, 3.63) is 22.4 Å². The zero-order chi connectivity index (χ0) is 12.1. The molecule has 0 aromatic carbocycles. The van der Waals surface area contributed by atoms with Gasteiger partial charge in [0.2, 0.25) is 5.91 Å². The summed E-state index contributed by atoms with van der Waals surface area (Å²) in [4.78, 5) is 11.7. The Hall–Kier alpha value is -1.56. The Morgan fingerprint density at radius 3 is 2.81 bits per heavy atom. The molecule has 0 aliphatic carbocycles. The number of nitrogens with two attached hydrogens (primary N) is 1. The van der Waals surface area contributed by atoms with Gasteiger partial charge in [-0.3, -0.25) is 4.79 Å². The highest BCUT2D eigenvalue weighted by molar-refractivity contribution is 7.07. The van der Waals surface area contributed by atoms with Crippen LogP contribution in [0.25, 0.3) is 0 Å². The van der Waals surface area contributed by atoms with E-state index in [9.17, 15) is 4.79 Å². The van der Waals surface area contributed by atoms with Gasteiger partial charge in [-0.05, 0) is 36.2 Å². The molecule has 0 bridgehead atoms. The number of rotatable bonds is 4. The second-order valence-electron chi connectivity index (χ2n) is 3.53. The summed E-state index contributed by atoms with van der Waals surface area (Å²) >= 11 is 1.57. The number of nitrogens with zero attached hydrogens (tertiary/aromatic N) is 1. The lowest BCUT2D eigenvalue weighted by molar-refractivity contribution is -0.123. The molecule has 0 aliphatic heterocycles. The topological polar surface area (TPSA) is 87.7 Å².